The second kappa shape index (κ2) is 18.8. The van der Waals surface area contributed by atoms with E-state index in [4.69, 9.17) is 0 Å². The fraction of sp³-hybridized carbons (Fsp3) is 0.778. The van der Waals surface area contributed by atoms with Crippen molar-refractivity contribution >= 4 is 52.0 Å². The van der Waals surface area contributed by atoms with Crippen LogP contribution in [0.25, 0.3) is 0 Å². The van der Waals surface area contributed by atoms with Crippen molar-refractivity contribution in [1.82, 2.24) is 0 Å². The Morgan fingerprint density at radius 1 is 1.38 bits per heavy atom. The summed E-state index contributed by atoms with van der Waals surface area (Å²) in [5.41, 5.74) is 2.76. The Balaban J connectivity index is -0.000000134. The van der Waals surface area contributed by atoms with Crippen LogP contribution in [-0.4, -0.2) is 52.6 Å². The SMILES string of the molecule is [AlH3].[AlH3].[CH2]CCCCC.[C]1=NCCS1. The molecule has 0 fully saturated rings. The van der Waals surface area contributed by atoms with Gasteiger partial charge in [0.25, 0.3) is 0 Å². The monoisotopic (exact) mass is 231 g/mol. The zero-order valence-electron chi connectivity index (χ0n) is 7.31. The van der Waals surface area contributed by atoms with Gasteiger partial charge in [-0.1, -0.05) is 39.5 Å². The summed E-state index contributed by atoms with van der Waals surface area (Å²) in [4.78, 5) is 3.80. The van der Waals surface area contributed by atoms with Crippen LogP contribution in [0.15, 0.2) is 4.99 Å². The average molecular weight is 231 g/mol. The Morgan fingerprint density at radius 3 is 2.23 bits per heavy atom. The zero-order chi connectivity index (χ0) is 8.36. The average Bonchev–Trinajstić information content (AvgIpc) is 2.57. The standard InChI is InChI=1S/C6H13.C3H4NS.2Al.6H/c1-3-5-6-4-2;1-2-5-3-4-1;;;;;;;;/h1,3-6H2,2H3;1-2H2;;;;;;;;. The number of hydrogen-bond donors (Lipinski definition) is 0. The molecule has 0 spiro atoms. The number of rotatable bonds is 3. The van der Waals surface area contributed by atoms with Crippen LogP contribution in [0.1, 0.15) is 32.6 Å². The second-order valence-corrected chi connectivity index (χ2v) is 3.26. The molecule has 2 radical (unpaired) electrons. The Morgan fingerprint density at radius 2 is 2.08 bits per heavy atom. The Bertz CT molecular complexity index is 89.6. The van der Waals surface area contributed by atoms with Gasteiger partial charge in [0.1, 0.15) is 5.55 Å². The molecule has 76 valence electrons. The lowest BCUT2D eigenvalue weighted by Crippen LogP contribution is -1.69. The molecule has 0 unspecified atom stereocenters. The van der Waals surface area contributed by atoms with Crippen molar-refractivity contribution in [2.24, 2.45) is 4.99 Å². The number of aliphatic imine (C=N–C) groups is 1. The molecule has 4 heteroatoms. The summed E-state index contributed by atoms with van der Waals surface area (Å²) in [6.45, 7) is 6.90. The Labute approximate surface area is 108 Å². The van der Waals surface area contributed by atoms with E-state index in [2.05, 4.69) is 24.4 Å². The predicted molar refractivity (Wildman–Crippen MR) is 74.1 cm³/mol. The molecule has 1 nitrogen and oxygen atoms in total. The number of unbranched alkanes of at least 4 members (excludes halogenated alkanes) is 3. The van der Waals surface area contributed by atoms with Crippen molar-refractivity contribution in [1.29, 1.82) is 0 Å². The van der Waals surface area contributed by atoms with Gasteiger partial charge in [-0.2, -0.15) is 0 Å². The highest BCUT2D eigenvalue weighted by molar-refractivity contribution is 8.12. The summed E-state index contributed by atoms with van der Waals surface area (Å²) < 4.78 is 0. The van der Waals surface area contributed by atoms with E-state index in [-0.39, 0.29) is 34.7 Å². The molecular formula is C9H23Al2NS. The van der Waals surface area contributed by atoms with Crippen molar-refractivity contribution in [3.8, 4) is 0 Å². The van der Waals surface area contributed by atoms with Crippen molar-refractivity contribution in [3.05, 3.63) is 6.92 Å². The Hall–Kier alpha value is 1.08. The van der Waals surface area contributed by atoms with Crippen LogP contribution in [0.2, 0.25) is 0 Å². The molecule has 13 heavy (non-hydrogen) atoms. The van der Waals surface area contributed by atoms with E-state index >= 15 is 0 Å². The summed E-state index contributed by atoms with van der Waals surface area (Å²) in [5, 5.41) is 0. The molecule has 0 bridgehead atoms. The van der Waals surface area contributed by atoms with Gasteiger partial charge in [-0.3, -0.25) is 4.99 Å². The summed E-state index contributed by atoms with van der Waals surface area (Å²) >= 11 is 1.66. The maximum Gasteiger partial charge on any atom is 0.187 e. The van der Waals surface area contributed by atoms with E-state index in [1.807, 2.05) is 0 Å². The van der Waals surface area contributed by atoms with Crippen molar-refractivity contribution in [2.75, 3.05) is 12.3 Å². The molecule has 0 saturated heterocycles. The largest absolute Gasteiger partial charge is 0.275 e. The summed E-state index contributed by atoms with van der Waals surface area (Å²) in [6.07, 6.45) is 5.07. The minimum Gasteiger partial charge on any atom is -0.275 e. The summed E-state index contributed by atoms with van der Waals surface area (Å²) in [6, 6.07) is 0. The highest BCUT2D eigenvalue weighted by atomic mass is 32.2. The van der Waals surface area contributed by atoms with Crippen molar-refractivity contribution in [2.45, 2.75) is 32.6 Å². The molecule has 0 amide bonds. The van der Waals surface area contributed by atoms with Crippen LogP contribution in [0.3, 0.4) is 0 Å². The lowest BCUT2D eigenvalue weighted by molar-refractivity contribution is 0.728. The number of hydrogen-bond acceptors (Lipinski definition) is 2. The second-order valence-electron chi connectivity index (χ2n) is 2.38. The highest BCUT2D eigenvalue weighted by Crippen LogP contribution is 1.99. The molecule has 0 aromatic carbocycles. The third kappa shape index (κ3) is 19.5. The van der Waals surface area contributed by atoms with Gasteiger partial charge in [0.15, 0.2) is 34.7 Å². The van der Waals surface area contributed by atoms with E-state index in [1.165, 1.54) is 19.3 Å². The van der Waals surface area contributed by atoms with Crippen molar-refractivity contribution in [3.63, 3.8) is 0 Å². The molecule has 0 aliphatic carbocycles. The first-order valence-corrected chi connectivity index (χ1v) is 5.23. The van der Waals surface area contributed by atoms with Crippen LogP contribution in [0, 0.1) is 6.92 Å². The first-order valence-electron chi connectivity index (χ1n) is 4.24. The first kappa shape index (κ1) is 19.6. The number of nitrogens with zero attached hydrogens (tertiary/aromatic N) is 1. The minimum atomic E-state index is 0. The van der Waals surface area contributed by atoms with E-state index in [9.17, 15) is 0 Å². The predicted octanol–water partition coefficient (Wildman–Crippen LogP) is 0.671. The van der Waals surface area contributed by atoms with Crippen LogP contribution in [0.4, 0.5) is 0 Å². The third-order valence-corrected chi connectivity index (χ3v) is 1.93. The van der Waals surface area contributed by atoms with E-state index < -0.39 is 0 Å². The highest BCUT2D eigenvalue weighted by Gasteiger charge is 1.87. The van der Waals surface area contributed by atoms with Gasteiger partial charge in [-0.25, -0.2) is 0 Å². The van der Waals surface area contributed by atoms with Gasteiger partial charge >= 0.3 is 0 Å². The van der Waals surface area contributed by atoms with Crippen LogP contribution in [-0.2, 0) is 0 Å². The first-order chi connectivity index (χ1) is 5.41. The smallest absolute Gasteiger partial charge is 0.187 e. The molecular weight excluding hydrogens is 208 g/mol. The molecule has 0 saturated carbocycles. The maximum absolute atomic E-state index is 3.80. The third-order valence-electron chi connectivity index (χ3n) is 1.29. The van der Waals surface area contributed by atoms with Gasteiger partial charge in [0, 0.05) is 12.3 Å². The van der Waals surface area contributed by atoms with Gasteiger partial charge in [-0.05, 0) is 0 Å². The topological polar surface area (TPSA) is 12.4 Å². The van der Waals surface area contributed by atoms with Gasteiger partial charge in [0.05, 0.1) is 0 Å². The lowest BCUT2D eigenvalue weighted by atomic mass is 10.2. The zero-order valence-corrected chi connectivity index (χ0v) is 8.12. The molecule has 1 heterocycles. The normalized spacial score (nSPS) is 12.2. The van der Waals surface area contributed by atoms with Crippen molar-refractivity contribution < 1.29 is 0 Å². The molecule has 1 rings (SSSR count). The quantitative estimate of drug-likeness (QED) is 0.514. The van der Waals surface area contributed by atoms with E-state index in [0.29, 0.717) is 0 Å². The van der Waals surface area contributed by atoms with E-state index in [0.717, 1.165) is 18.7 Å². The Kier molecular flexibility index (Phi) is 28.4. The van der Waals surface area contributed by atoms with Crippen LogP contribution >= 0.6 is 11.8 Å². The number of thioether (sulfide) groups is 1. The summed E-state index contributed by atoms with van der Waals surface area (Å²) in [7, 11) is 0. The van der Waals surface area contributed by atoms with Crippen LogP contribution in [0.5, 0.6) is 0 Å². The minimum absolute atomic E-state index is 0. The molecule has 0 aromatic rings. The molecule has 0 aromatic heterocycles. The molecule has 1 aliphatic rings. The van der Waals surface area contributed by atoms with Gasteiger partial charge in [-0.15, -0.1) is 11.8 Å². The van der Waals surface area contributed by atoms with Gasteiger partial charge < -0.3 is 0 Å². The van der Waals surface area contributed by atoms with Crippen LogP contribution < -0.4 is 0 Å². The van der Waals surface area contributed by atoms with E-state index in [1.54, 1.807) is 11.8 Å². The fourth-order valence-corrected chi connectivity index (χ4v) is 1.11. The fourth-order valence-electron chi connectivity index (χ4n) is 0.655. The lowest BCUT2D eigenvalue weighted by Gasteiger charge is -1.86. The molecule has 1 aliphatic heterocycles. The molecule has 0 atom stereocenters. The summed E-state index contributed by atoms with van der Waals surface area (Å²) in [5.74, 6) is 1.14. The maximum atomic E-state index is 3.80. The van der Waals surface area contributed by atoms with Gasteiger partial charge in [0.2, 0.25) is 0 Å². The molecule has 0 N–H and O–H groups in total.